The standard InChI is InChI=1S/C21H26N2O4.ClH/c1-22-13-16(10-15-6-9-21(24)20(11-15)23(25)26)14-27-19-8-7-17-4-2-3-5-18(17)12-19;/h6-9,11-12,16,22,24H,2-5,10,13-14H2,1H3;1H. The van der Waals surface area contributed by atoms with Gasteiger partial charge in [-0.2, -0.15) is 0 Å². The van der Waals surface area contributed by atoms with Gasteiger partial charge in [-0.05, 0) is 74.0 Å². The predicted molar refractivity (Wildman–Crippen MR) is 112 cm³/mol. The number of phenols is 1. The molecule has 1 aliphatic carbocycles. The van der Waals surface area contributed by atoms with E-state index < -0.39 is 4.92 Å². The summed E-state index contributed by atoms with van der Waals surface area (Å²) >= 11 is 0. The number of fused-ring (bicyclic) bond motifs is 1. The highest BCUT2D eigenvalue weighted by Gasteiger charge is 2.17. The van der Waals surface area contributed by atoms with Crippen LogP contribution in [0.5, 0.6) is 11.5 Å². The van der Waals surface area contributed by atoms with E-state index in [1.54, 1.807) is 6.07 Å². The van der Waals surface area contributed by atoms with Gasteiger partial charge in [0.1, 0.15) is 5.75 Å². The average molecular weight is 407 g/mol. The van der Waals surface area contributed by atoms with Crippen molar-refractivity contribution in [3.05, 3.63) is 63.2 Å². The zero-order chi connectivity index (χ0) is 19.2. The second-order valence-electron chi connectivity index (χ2n) is 7.16. The summed E-state index contributed by atoms with van der Waals surface area (Å²) < 4.78 is 6.04. The van der Waals surface area contributed by atoms with Gasteiger partial charge in [-0.25, -0.2) is 0 Å². The van der Waals surface area contributed by atoms with Crippen LogP contribution in [0.2, 0.25) is 0 Å². The number of ether oxygens (including phenoxy) is 1. The summed E-state index contributed by atoms with van der Waals surface area (Å²) in [6, 6.07) is 10.9. The molecule has 0 heterocycles. The molecule has 0 amide bonds. The van der Waals surface area contributed by atoms with Crippen molar-refractivity contribution < 1.29 is 14.8 Å². The van der Waals surface area contributed by atoms with Crippen molar-refractivity contribution >= 4 is 18.1 Å². The molecule has 7 heteroatoms. The Morgan fingerprint density at radius 3 is 2.64 bits per heavy atom. The van der Waals surface area contributed by atoms with Crippen molar-refractivity contribution in [2.24, 2.45) is 5.92 Å². The molecule has 0 aromatic heterocycles. The summed E-state index contributed by atoms with van der Waals surface area (Å²) in [6.07, 6.45) is 5.39. The zero-order valence-electron chi connectivity index (χ0n) is 16.0. The highest BCUT2D eigenvalue weighted by Crippen LogP contribution is 2.28. The summed E-state index contributed by atoms with van der Waals surface area (Å²) in [6.45, 7) is 1.26. The Bertz CT molecular complexity index is 813. The van der Waals surface area contributed by atoms with Crippen LogP contribution in [-0.2, 0) is 19.3 Å². The highest BCUT2D eigenvalue weighted by molar-refractivity contribution is 5.85. The number of benzene rings is 2. The van der Waals surface area contributed by atoms with Gasteiger partial charge in [0.05, 0.1) is 11.5 Å². The summed E-state index contributed by atoms with van der Waals surface area (Å²) in [5, 5.41) is 23.8. The molecular weight excluding hydrogens is 380 g/mol. The number of rotatable bonds is 8. The van der Waals surface area contributed by atoms with Crippen LogP contribution in [0.25, 0.3) is 0 Å². The predicted octanol–water partition coefficient (Wildman–Crippen LogP) is 4.06. The third-order valence-electron chi connectivity index (χ3n) is 5.06. The maximum absolute atomic E-state index is 11.0. The fraction of sp³-hybridized carbons (Fsp3) is 0.429. The first-order valence-corrected chi connectivity index (χ1v) is 9.42. The molecule has 0 saturated carbocycles. The molecule has 2 aromatic rings. The molecule has 0 bridgehead atoms. The smallest absolute Gasteiger partial charge is 0.310 e. The average Bonchev–Trinajstić information content (AvgIpc) is 2.67. The van der Waals surface area contributed by atoms with E-state index in [9.17, 15) is 15.2 Å². The van der Waals surface area contributed by atoms with E-state index >= 15 is 0 Å². The molecule has 152 valence electrons. The van der Waals surface area contributed by atoms with E-state index in [0.29, 0.717) is 13.0 Å². The maximum Gasteiger partial charge on any atom is 0.310 e. The minimum atomic E-state index is -0.560. The molecule has 0 saturated heterocycles. The first-order chi connectivity index (χ1) is 13.1. The summed E-state index contributed by atoms with van der Waals surface area (Å²) in [5.74, 6) is 0.739. The van der Waals surface area contributed by atoms with Gasteiger partial charge in [-0.3, -0.25) is 10.1 Å². The normalized spacial score (nSPS) is 13.9. The van der Waals surface area contributed by atoms with Gasteiger partial charge in [0, 0.05) is 18.5 Å². The molecule has 0 radical (unpaired) electrons. The maximum atomic E-state index is 11.0. The summed E-state index contributed by atoms with van der Waals surface area (Å²) in [4.78, 5) is 10.5. The van der Waals surface area contributed by atoms with Crippen molar-refractivity contribution in [3.8, 4) is 11.5 Å². The monoisotopic (exact) mass is 406 g/mol. The Morgan fingerprint density at radius 2 is 1.93 bits per heavy atom. The molecule has 0 fully saturated rings. The molecule has 28 heavy (non-hydrogen) atoms. The van der Waals surface area contributed by atoms with E-state index in [1.807, 2.05) is 13.1 Å². The molecular formula is C21H27ClN2O4. The van der Waals surface area contributed by atoms with Crippen LogP contribution in [0.15, 0.2) is 36.4 Å². The Labute approximate surface area is 171 Å². The lowest BCUT2D eigenvalue weighted by Gasteiger charge is -2.20. The van der Waals surface area contributed by atoms with Crippen LogP contribution in [0.1, 0.15) is 29.5 Å². The van der Waals surface area contributed by atoms with Crippen LogP contribution in [0, 0.1) is 16.0 Å². The largest absolute Gasteiger partial charge is 0.502 e. The molecule has 2 aromatic carbocycles. The molecule has 1 aliphatic rings. The first-order valence-electron chi connectivity index (χ1n) is 9.42. The molecule has 1 unspecified atom stereocenters. The van der Waals surface area contributed by atoms with E-state index in [0.717, 1.165) is 30.7 Å². The fourth-order valence-electron chi connectivity index (χ4n) is 3.67. The Morgan fingerprint density at radius 1 is 1.18 bits per heavy atom. The minimum Gasteiger partial charge on any atom is -0.502 e. The van der Waals surface area contributed by atoms with Crippen LogP contribution >= 0.6 is 12.4 Å². The first kappa shape index (κ1) is 22.0. The number of nitrogens with zero attached hydrogens (tertiary/aromatic N) is 1. The lowest BCUT2D eigenvalue weighted by molar-refractivity contribution is -0.385. The molecule has 0 aliphatic heterocycles. The van der Waals surface area contributed by atoms with Crippen molar-refractivity contribution in [2.45, 2.75) is 32.1 Å². The molecule has 3 rings (SSSR count). The van der Waals surface area contributed by atoms with Crippen LogP contribution in [-0.4, -0.2) is 30.2 Å². The summed E-state index contributed by atoms with van der Waals surface area (Å²) in [5.41, 5.74) is 3.37. The van der Waals surface area contributed by atoms with Crippen LogP contribution in [0.3, 0.4) is 0 Å². The number of nitro groups is 1. The Balaban J connectivity index is 0.00000280. The quantitative estimate of drug-likeness (QED) is 0.510. The number of halogens is 1. The lowest BCUT2D eigenvalue weighted by atomic mass is 9.92. The van der Waals surface area contributed by atoms with E-state index in [4.69, 9.17) is 4.74 Å². The number of aryl methyl sites for hydroxylation is 2. The van der Waals surface area contributed by atoms with E-state index in [1.165, 1.54) is 36.1 Å². The highest BCUT2D eigenvalue weighted by atomic mass is 35.5. The second kappa shape index (κ2) is 10.3. The van der Waals surface area contributed by atoms with Gasteiger partial charge >= 0.3 is 5.69 Å². The Hall–Kier alpha value is -2.31. The van der Waals surface area contributed by atoms with Crippen molar-refractivity contribution in [1.29, 1.82) is 0 Å². The fourth-order valence-corrected chi connectivity index (χ4v) is 3.67. The number of hydrogen-bond donors (Lipinski definition) is 2. The number of nitrogens with one attached hydrogen (secondary N) is 1. The van der Waals surface area contributed by atoms with Gasteiger partial charge < -0.3 is 15.2 Å². The zero-order valence-corrected chi connectivity index (χ0v) is 16.8. The van der Waals surface area contributed by atoms with Gasteiger partial charge in [0.25, 0.3) is 0 Å². The third-order valence-corrected chi connectivity index (χ3v) is 5.06. The van der Waals surface area contributed by atoms with Gasteiger partial charge in [-0.1, -0.05) is 12.1 Å². The number of nitro benzene ring substituents is 1. The summed E-state index contributed by atoms with van der Waals surface area (Å²) in [7, 11) is 1.88. The van der Waals surface area contributed by atoms with Gasteiger partial charge in [0.15, 0.2) is 5.75 Å². The topological polar surface area (TPSA) is 84.6 Å². The van der Waals surface area contributed by atoms with Gasteiger partial charge in [0.2, 0.25) is 0 Å². The molecule has 6 nitrogen and oxygen atoms in total. The SMILES string of the molecule is CNCC(COc1ccc2c(c1)CCCC2)Cc1ccc(O)c([N+](=O)[O-])c1.Cl. The van der Waals surface area contributed by atoms with E-state index in [2.05, 4.69) is 17.4 Å². The molecule has 2 N–H and O–H groups in total. The molecule has 0 spiro atoms. The van der Waals surface area contributed by atoms with Crippen LogP contribution < -0.4 is 10.1 Å². The lowest BCUT2D eigenvalue weighted by Crippen LogP contribution is -2.26. The van der Waals surface area contributed by atoms with E-state index in [-0.39, 0.29) is 29.8 Å². The van der Waals surface area contributed by atoms with Crippen molar-refractivity contribution in [1.82, 2.24) is 5.32 Å². The minimum absolute atomic E-state index is 0. The van der Waals surface area contributed by atoms with Gasteiger partial charge in [-0.15, -0.1) is 12.4 Å². The number of hydrogen-bond acceptors (Lipinski definition) is 5. The van der Waals surface area contributed by atoms with Crippen molar-refractivity contribution in [3.63, 3.8) is 0 Å². The third kappa shape index (κ3) is 5.59. The molecule has 1 atom stereocenters. The number of aromatic hydroxyl groups is 1. The van der Waals surface area contributed by atoms with Crippen LogP contribution in [0.4, 0.5) is 5.69 Å². The second-order valence-corrected chi connectivity index (χ2v) is 7.16. The number of phenolic OH excluding ortho intramolecular Hbond substituents is 1. The Kier molecular flexibility index (Phi) is 8.08. The van der Waals surface area contributed by atoms with Crippen molar-refractivity contribution in [2.75, 3.05) is 20.2 Å².